The van der Waals surface area contributed by atoms with Crippen LogP contribution in [-0.4, -0.2) is 42.7 Å². The second kappa shape index (κ2) is 6.06. The molecule has 19 heavy (non-hydrogen) atoms. The molecule has 104 valence electrons. The molecular formula is C15H21NO3. The molecular weight excluding hydrogens is 242 g/mol. The van der Waals surface area contributed by atoms with E-state index < -0.39 is 0 Å². The van der Waals surface area contributed by atoms with Crippen molar-refractivity contribution >= 4 is 5.91 Å². The van der Waals surface area contributed by atoms with Gasteiger partial charge in [0.1, 0.15) is 5.75 Å². The summed E-state index contributed by atoms with van der Waals surface area (Å²) in [5, 5.41) is 9.24. The van der Waals surface area contributed by atoms with Crippen LogP contribution in [0.1, 0.15) is 18.4 Å². The predicted molar refractivity (Wildman–Crippen MR) is 73.1 cm³/mol. The minimum absolute atomic E-state index is 0.117. The average molecular weight is 263 g/mol. The minimum Gasteiger partial charge on any atom is -0.497 e. The third-order valence-corrected chi connectivity index (χ3v) is 3.68. The Labute approximate surface area is 114 Å². The maximum atomic E-state index is 12.1. The summed E-state index contributed by atoms with van der Waals surface area (Å²) in [7, 11) is 3.46. The Balaban J connectivity index is 1.81. The third kappa shape index (κ3) is 3.70. The highest BCUT2D eigenvalue weighted by molar-refractivity contribution is 5.78. The van der Waals surface area contributed by atoms with E-state index in [1.54, 1.807) is 12.0 Å². The summed E-state index contributed by atoms with van der Waals surface area (Å²) in [5.74, 6) is 1.37. The Bertz CT molecular complexity index is 424. The van der Waals surface area contributed by atoms with Crippen LogP contribution in [0.15, 0.2) is 24.3 Å². The molecule has 0 aliphatic heterocycles. The molecule has 0 aromatic heterocycles. The van der Waals surface area contributed by atoms with E-state index in [9.17, 15) is 9.90 Å². The smallest absolute Gasteiger partial charge is 0.226 e. The number of carbonyl (C=O) groups excluding carboxylic acids is 1. The molecule has 1 fully saturated rings. The van der Waals surface area contributed by atoms with Gasteiger partial charge in [-0.25, -0.2) is 0 Å². The number of ether oxygens (including phenoxy) is 1. The predicted octanol–water partition coefficient (Wildman–Crippen LogP) is 1.47. The van der Waals surface area contributed by atoms with Crippen LogP contribution in [0, 0.1) is 5.92 Å². The van der Waals surface area contributed by atoms with Gasteiger partial charge < -0.3 is 14.7 Å². The number of hydrogen-bond acceptors (Lipinski definition) is 3. The summed E-state index contributed by atoms with van der Waals surface area (Å²) < 4.78 is 5.09. The van der Waals surface area contributed by atoms with Crippen molar-refractivity contribution < 1.29 is 14.6 Å². The van der Waals surface area contributed by atoms with Gasteiger partial charge in [0.25, 0.3) is 0 Å². The number of aliphatic hydroxyl groups is 1. The zero-order chi connectivity index (χ0) is 13.8. The summed E-state index contributed by atoms with van der Waals surface area (Å²) >= 11 is 0. The van der Waals surface area contributed by atoms with Crippen molar-refractivity contribution in [2.24, 2.45) is 5.92 Å². The van der Waals surface area contributed by atoms with Gasteiger partial charge in [-0.15, -0.1) is 0 Å². The van der Waals surface area contributed by atoms with Crippen molar-refractivity contribution in [2.75, 3.05) is 20.7 Å². The number of carbonyl (C=O) groups is 1. The number of nitrogens with zero attached hydrogens (tertiary/aromatic N) is 1. The highest BCUT2D eigenvalue weighted by Gasteiger charge is 2.28. The van der Waals surface area contributed by atoms with Gasteiger partial charge >= 0.3 is 0 Å². The Morgan fingerprint density at radius 2 is 2.00 bits per heavy atom. The lowest BCUT2D eigenvalue weighted by atomic mass is 9.82. The molecule has 1 aromatic carbocycles. The van der Waals surface area contributed by atoms with Gasteiger partial charge in [-0.2, -0.15) is 0 Å². The number of likely N-dealkylation sites (N-methyl/N-ethyl adjacent to an activating group) is 1. The maximum Gasteiger partial charge on any atom is 0.226 e. The van der Waals surface area contributed by atoms with E-state index in [0.29, 0.717) is 12.3 Å². The summed E-state index contributed by atoms with van der Waals surface area (Å²) in [6, 6.07) is 7.56. The number of amides is 1. The van der Waals surface area contributed by atoms with Crippen molar-refractivity contribution in [1.29, 1.82) is 0 Å². The number of benzene rings is 1. The summed E-state index contributed by atoms with van der Waals surface area (Å²) in [6.07, 6.45) is 1.89. The number of methoxy groups -OCH3 is 1. The zero-order valence-electron chi connectivity index (χ0n) is 11.5. The Morgan fingerprint density at radius 1 is 1.37 bits per heavy atom. The molecule has 0 unspecified atom stereocenters. The van der Waals surface area contributed by atoms with Gasteiger partial charge in [0.05, 0.1) is 19.6 Å². The molecule has 4 heteroatoms. The first-order valence-corrected chi connectivity index (χ1v) is 6.63. The Morgan fingerprint density at radius 3 is 2.53 bits per heavy atom. The van der Waals surface area contributed by atoms with Crippen LogP contribution >= 0.6 is 0 Å². The molecule has 0 atom stereocenters. The molecule has 1 aliphatic carbocycles. The number of hydrogen-bond donors (Lipinski definition) is 1. The summed E-state index contributed by atoms with van der Waals surface area (Å²) in [5.41, 5.74) is 0.992. The van der Waals surface area contributed by atoms with E-state index in [4.69, 9.17) is 4.74 Å². The standard InChI is InChI=1S/C15H21NO3/c1-16(10-12-7-13(17)8-12)15(18)9-11-3-5-14(19-2)6-4-11/h3-6,12-13,17H,7-10H2,1-2H3. The number of aliphatic hydroxyl groups excluding tert-OH is 1. The van der Waals surface area contributed by atoms with E-state index in [-0.39, 0.29) is 12.0 Å². The SMILES string of the molecule is COc1ccc(CC(=O)N(C)CC2CC(O)C2)cc1. The molecule has 2 rings (SSSR count). The number of rotatable bonds is 5. The van der Waals surface area contributed by atoms with Crippen molar-refractivity contribution in [3.05, 3.63) is 29.8 Å². The quantitative estimate of drug-likeness (QED) is 0.875. The first kappa shape index (κ1) is 13.9. The van der Waals surface area contributed by atoms with Crippen LogP contribution in [0.25, 0.3) is 0 Å². The lowest BCUT2D eigenvalue weighted by Crippen LogP contribution is -2.40. The molecule has 1 saturated carbocycles. The van der Waals surface area contributed by atoms with Crippen molar-refractivity contribution in [3.8, 4) is 5.75 Å². The van der Waals surface area contributed by atoms with E-state index in [1.165, 1.54) is 0 Å². The van der Waals surface area contributed by atoms with Gasteiger partial charge in [0.2, 0.25) is 5.91 Å². The van der Waals surface area contributed by atoms with Gasteiger partial charge in [0.15, 0.2) is 0 Å². The summed E-state index contributed by atoms with van der Waals surface area (Å²) in [6.45, 7) is 0.742. The summed E-state index contributed by atoms with van der Waals surface area (Å²) in [4.78, 5) is 13.8. The zero-order valence-corrected chi connectivity index (χ0v) is 11.5. The molecule has 0 saturated heterocycles. The Hall–Kier alpha value is -1.55. The van der Waals surface area contributed by atoms with Gasteiger partial charge in [-0.05, 0) is 36.5 Å². The molecule has 0 radical (unpaired) electrons. The molecule has 1 N–H and O–H groups in total. The highest BCUT2D eigenvalue weighted by Crippen LogP contribution is 2.27. The van der Waals surface area contributed by atoms with Crippen molar-refractivity contribution in [3.63, 3.8) is 0 Å². The molecule has 0 spiro atoms. The van der Waals surface area contributed by atoms with E-state index in [2.05, 4.69) is 0 Å². The van der Waals surface area contributed by atoms with Gasteiger partial charge in [-0.1, -0.05) is 12.1 Å². The first-order valence-electron chi connectivity index (χ1n) is 6.63. The van der Waals surface area contributed by atoms with E-state index >= 15 is 0 Å². The fourth-order valence-electron chi connectivity index (χ4n) is 2.39. The fraction of sp³-hybridized carbons (Fsp3) is 0.533. The topological polar surface area (TPSA) is 49.8 Å². The maximum absolute atomic E-state index is 12.1. The fourth-order valence-corrected chi connectivity index (χ4v) is 2.39. The van der Waals surface area contributed by atoms with Crippen LogP contribution < -0.4 is 4.74 Å². The monoisotopic (exact) mass is 263 g/mol. The molecule has 0 heterocycles. The molecule has 1 aromatic rings. The second-order valence-electron chi connectivity index (χ2n) is 5.29. The van der Waals surface area contributed by atoms with Crippen LogP contribution in [0.2, 0.25) is 0 Å². The molecule has 1 amide bonds. The van der Waals surface area contributed by atoms with Gasteiger partial charge in [-0.3, -0.25) is 4.79 Å². The average Bonchev–Trinajstić information content (AvgIpc) is 2.37. The van der Waals surface area contributed by atoms with E-state index in [1.807, 2.05) is 31.3 Å². The van der Waals surface area contributed by atoms with Gasteiger partial charge in [0, 0.05) is 13.6 Å². The van der Waals surface area contributed by atoms with Crippen molar-refractivity contribution in [1.82, 2.24) is 4.90 Å². The molecule has 4 nitrogen and oxygen atoms in total. The minimum atomic E-state index is -0.157. The lowest BCUT2D eigenvalue weighted by molar-refractivity contribution is -0.130. The molecule has 0 bridgehead atoms. The largest absolute Gasteiger partial charge is 0.497 e. The van der Waals surface area contributed by atoms with Crippen LogP contribution in [0.5, 0.6) is 5.75 Å². The highest BCUT2D eigenvalue weighted by atomic mass is 16.5. The van der Waals surface area contributed by atoms with Crippen LogP contribution in [0.4, 0.5) is 0 Å². The van der Waals surface area contributed by atoms with Crippen LogP contribution in [0.3, 0.4) is 0 Å². The third-order valence-electron chi connectivity index (χ3n) is 3.68. The molecule has 1 aliphatic rings. The lowest BCUT2D eigenvalue weighted by Gasteiger charge is -2.34. The normalized spacial score (nSPS) is 21.6. The first-order chi connectivity index (χ1) is 9.08. The van der Waals surface area contributed by atoms with Crippen molar-refractivity contribution in [2.45, 2.75) is 25.4 Å². The van der Waals surface area contributed by atoms with E-state index in [0.717, 1.165) is 30.7 Å². The Kier molecular flexibility index (Phi) is 4.43. The second-order valence-corrected chi connectivity index (χ2v) is 5.29. The van der Waals surface area contributed by atoms with Crippen LogP contribution in [-0.2, 0) is 11.2 Å².